The van der Waals surface area contributed by atoms with E-state index in [1.807, 2.05) is 37.3 Å². The summed E-state index contributed by atoms with van der Waals surface area (Å²) in [5, 5.41) is 11.3. The van der Waals surface area contributed by atoms with Gasteiger partial charge in [0.25, 0.3) is 0 Å². The van der Waals surface area contributed by atoms with E-state index < -0.39 is 11.6 Å². The first-order valence-electron chi connectivity index (χ1n) is 8.28. The van der Waals surface area contributed by atoms with Crippen LogP contribution in [-0.2, 0) is 19.0 Å². The van der Waals surface area contributed by atoms with Gasteiger partial charge in [-0.1, -0.05) is 31.2 Å². The molecule has 0 radical (unpaired) electrons. The third-order valence-corrected chi connectivity index (χ3v) is 4.46. The first-order chi connectivity index (χ1) is 11.6. The molecule has 0 spiro atoms. The lowest BCUT2D eigenvalue weighted by atomic mass is 9.81. The number of carbonyl (C=O) groups is 1. The topological polar surface area (TPSA) is 65.0 Å². The molecule has 1 aliphatic carbocycles. The Labute approximate surface area is 142 Å². The predicted octanol–water partition coefficient (Wildman–Crippen LogP) is 1.32. The van der Waals surface area contributed by atoms with Crippen LogP contribution in [0.2, 0.25) is 0 Å². The minimum absolute atomic E-state index is 0.220. The summed E-state index contributed by atoms with van der Waals surface area (Å²) >= 11 is 0. The van der Waals surface area contributed by atoms with Crippen molar-refractivity contribution in [1.82, 2.24) is 0 Å². The first-order valence-corrected chi connectivity index (χ1v) is 8.28. The maximum absolute atomic E-state index is 11.8. The summed E-state index contributed by atoms with van der Waals surface area (Å²) in [7, 11) is 3.29. The fourth-order valence-corrected chi connectivity index (χ4v) is 3.34. The number of hydrogen-bond donors (Lipinski definition) is 1. The van der Waals surface area contributed by atoms with Crippen LogP contribution in [0.5, 0.6) is 0 Å². The molecule has 1 N–H and O–H groups in total. The van der Waals surface area contributed by atoms with Crippen LogP contribution in [0.15, 0.2) is 24.3 Å². The highest BCUT2D eigenvalue weighted by Crippen LogP contribution is 2.32. The van der Waals surface area contributed by atoms with Crippen LogP contribution in [0.4, 0.5) is 0 Å². The number of ether oxygens (including phenoxy) is 3. The zero-order valence-corrected chi connectivity index (χ0v) is 14.6. The van der Waals surface area contributed by atoms with Crippen molar-refractivity contribution in [1.29, 1.82) is 0 Å². The lowest BCUT2D eigenvalue weighted by molar-refractivity contribution is -0.132. The molecule has 0 amide bonds. The molecule has 1 aromatic rings. The summed E-state index contributed by atoms with van der Waals surface area (Å²) in [6, 6.07) is 7.53. The van der Waals surface area contributed by atoms with Crippen LogP contribution >= 0.6 is 0 Å². The first kappa shape index (κ1) is 18.6. The molecule has 0 saturated heterocycles. The number of rotatable bonds is 9. The number of aliphatic carboxylic acids is 1. The standard InChI is InChI=1S/C19H26O5/c1-4-17(23-3)19(24-11-7-10-22-2)12-14-8-5-6-9-15(14)16(13-19)18(20)21/h5-6,8-9,12,17H,4,7,10-11,13H2,1-3H3,(H,20,21). The highest BCUT2D eigenvalue weighted by molar-refractivity contribution is 6.09. The average Bonchev–Trinajstić information content (AvgIpc) is 2.59. The van der Waals surface area contributed by atoms with Gasteiger partial charge < -0.3 is 19.3 Å². The molecule has 5 heteroatoms. The van der Waals surface area contributed by atoms with Crippen molar-refractivity contribution in [2.75, 3.05) is 27.4 Å². The van der Waals surface area contributed by atoms with Gasteiger partial charge >= 0.3 is 5.97 Å². The van der Waals surface area contributed by atoms with Gasteiger partial charge in [-0.25, -0.2) is 4.79 Å². The summed E-state index contributed by atoms with van der Waals surface area (Å²) in [4.78, 5) is 11.8. The molecule has 5 nitrogen and oxygen atoms in total. The molecule has 1 aromatic carbocycles. The Balaban J connectivity index is 2.49. The molecule has 132 valence electrons. The number of fused-ring (bicyclic) bond motifs is 1. The fraction of sp³-hybridized carbons (Fsp3) is 0.526. The maximum Gasteiger partial charge on any atom is 0.332 e. The molecule has 2 atom stereocenters. The molecule has 0 aromatic heterocycles. The lowest BCUT2D eigenvalue weighted by Crippen LogP contribution is -2.51. The molecule has 0 aliphatic heterocycles. The van der Waals surface area contributed by atoms with E-state index in [9.17, 15) is 9.90 Å². The van der Waals surface area contributed by atoms with E-state index in [0.717, 1.165) is 23.3 Å². The van der Waals surface area contributed by atoms with E-state index in [2.05, 4.69) is 0 Å². The van der Waals surface area contributed by atoms with Crippen LogP contribution < -0.4 is 10.4 Å². The van der Waals surface area contributed by atoms with E-state index in [-0.39, 0.29) is 6.10 Å². The molecular formula is C19H26O5. The minimum Gasteiger partial charge on any atom is -0.478 e. The Morgan fingerprint density at radius 1 is 1.29 bits per heavy atom. The highest BCUT2D eigenvalue weighted by Gasteiger charge is 2.41. The SMILES string of the molecule is CCC(OC)C1(OCCCOC)C=c2ccccc2=C(C(=O)O)C1. The summed E-state index contributed by atoms with van der Waals surface area (Å²) in [5.41, 5.74) is -0.408. The van der Waals surface area contributed by atoms with Crippen LogP contribution in [0, 0.1) is 0 Å². The van der Waals surface area contributed by atoms with Gasteiger partial charge in [-0.05, 0) is 29.4 Å². The molecule has 0 saturated carbocycles. The molecule has 1 aliphatic rings. The van der Waals surface area contributed by atoms with E-state index in [1.54, 1.807) is 14.2 Å². The van der Waals surface area contributed by atoms with Crippen molar-refractivity contribution in [2.45, 2.75) is 37.9 Å². The second kappa shape index (κ2) is 8.42. The smallest absolute Gasteiger partial charge is 0.332 e. The number of methoxy groups -OCH3 is 2. The molecular weight excluding hydrogens is 308 g/mol. The van der Waals surface area contributed by atoms with Crippen molar-refractivity contribution in [3.05, 3.63) is 34.7 Å². The number of carboxylic acid groups (broad SMARTS) is 1. The largest absolute Gasteiger partial charge is 0.478 e. The molecule has 0 heterocycles. The van der Waals surface area contributed by atoms with Gasteiger partial charge in [0.05, 0.1) is 12.7 Å². The van der Waals surface area contributed by atoms with Gasteiger partial charge in [0.1, 0.15) is 5.60 Å². The zero-order chi connectivity index (χ0) is 17.6. The third-order valence-electron chi connectivity index (χ3n) is 4.46. The molecule has 24 heavy (non-hydrogen) atoms. The minimum atomic E-state index is -0.911. The molecule has 2 unspecified atom stereocenters. The van der Waals surface area contributed by atoms with Crippen molar-refractivity contribution in [3.8, 4) is 0 Å². The van der Waals surface area contributed by atoms with Crippen molar-refractivity contribution in [3.63, 3.8) is 0 Å². The van der Waals surface area contributed by atoms with Gasteiger partial charge in [-0.3, -0.25) is 0 Å². The summed E-state index contributed by atoms with van der Waals surface area (Å²) in [6.45, 7) is 3.11. The van der Waals surface area contributed by atoms with Gasteiger partial charge in [0.15, 0.2) is 0 Å². The van der Waals surface area contributed by atoms with Crippen LogP contribution in [0.25, 0.3) is 11.6 Å². The zero-order valence-electron chi connectivity index (χ0n) is 14.6. The quantitative estimate of drug-likeness (QED) is 0.690. The Kier molecular flexibility index (Phi) is 6.54. The third kappa shape index (κ3) is 3.86. The van der Waals surface area contributed by atoms with E-state index in [1.165, 1.54) is 0 Å². The van der Waals surface area contributed by atoms with Crippen molar-refractivity contribution >= 4 is 17.6 Å². The number of hydrogen-bond acceptors (Lipinski definition) is 4. The average molecular weight is 334 g/mol. The Morgan fingerprint density at radius 2 is 2.04 bits per heavy atom. The summed E-state index contributed by atoms with van der Waals surface area (Å²) in [5.74, 6) is -0.911. The second-order valence-electron chi connectivity index (χ2n) is 5.97. The van der Waals surface area contributed by atoms with Crippen LogP contribution in [-0.4, -0.2) is 50.2 Å². The fourth-order valence-electron chi connectivity index (χ4n) is 3.34. The highest BCUT2D eigenvalue weighted by atomic mass is 16.5. The summed E-state index contributed by atoms with van der Waals surface area (Å²) < 4.78 is 16.9. The Hall–Kier alpha value is -1.69. The van der Waals surface area contributed by atoms with Crippen LogP contribution in [0.1, 0.15) is 26.2 Å². The van der Waals surface area contributed by atoms with E-state index in [4.69, 9.17) is 14.2 Å². The predicted molar refractivity (Wildman–Crippen MR) is 92.1 cm³/mol. The van der Waals surface area contributed by atoms with Gasteiger partial charge in [0, 0.05) is 32.8 Å². The van der Waals surface area contributed by atoms with E-state index >= 15 is 0 Å². The van der Waals surface area contributed by atoms with Gasteiger partial charge in [0.2, 0.25) is 0 Å². The van der Waals surface area contributed by atoms with Crippen molar-refractivity contribution in [2.24, 2.45) is 0 Å². The normalized spacial score (nSPS) is 21.0. The molecule has 2 rings (SSSR count). The Bertz CT molecular complexity index is 677. The number of benzene rings is 1. The van der Waals surface area contributed by atoms with Crippen LogP contribution in [0.3, 0.4) is 0 Å². The monoisotopic (exact) mass is 334 g/mol. The molecule has 0 fully saturated rings. The van der Waals surface area contributed by atoms with Crippen molar-refractivity contribution < 1.29 is 24.1 Å². The van der Waals surface area contributed by atoms with Gasteiger partial charge in [-0.15, -0.1) is 0 Å². The molecule has 0 bridgehead atoms. The lowest BCUT2D eigenvalue weighted by Gasteiger charge is -2.39. The second-order valence-corrected chi connectivity index (χ2v) is 5.97. The maximum atomic E-state index is 11.8. The summed E-state index contributed by atoms with van der Waals surface area (Å²) in [6.07, 6.45) is 3.57. The number of carboxylic acids is 1. The van der Waals surface area contributed by atoms with E-state index in [0.29, 0.717) is 25.2 Å². The Morgan fingerprint density at radius 3 is 2.67 bits per heavy atom. The van der Waals surface area contributed by atoms with Gasteiger partial charge in [-0.2, -0.15) is 0 Å².